The summed E-state index contributed by atoms with van der Waals surface area (Å²) < 4.78 is 0. The molecule has 0 fully saturated rings. The molecule has 13 heavy (non-hydrogen) atoms. The quantitative estimate of drug-likeness (QED) is 0.465. The lowest BCUT2D eigenvalue weighted by Crippen LogP contribution is -2.36. The molecule has 0 aliphatic rings. The van der Waals surface area contributed by atoms with E-state index >= 15 is 0 Å². The van der Waals surface area contributed by atoms with E-state index in [4.69, 9.17) is 12.2 Å². The molecule has 3 N–H and O–H groups in total. The van der Waals surface area contributed by atoms with E-state index in [0.717, 1.165) is 5.69 Å². The number of hydrogen-bond acceptors (Lipinski definition) is 4. The maximum absolute atomic E-state index is 4.85. The lowest BCUT2D eigenvalue weighted by atomic mass is 10.4. The van der Waals surface area contributed by atoms with Gasteiger partial charge in [0.25, 0.3) is 0 Å². The van der Waals surface area contributed by atoms with Crippen LogP contribution in [0.1, 0.15) is 5.69 Å². The molecule has 0 bridgehead atoms. The molecular formula is C7H11N5S. The molecule has 0 saturated carbocycles. The number of hydrogen-bond donors (Lipinski definition) is 3. The first-order valence-electron chi connectivity index (χ1n) is 3.76. The van der Waals surface area contributed by atoms with Gasteiger partial charge in [0.2, 0.25) is 0 Å². The molecule has 5 nitrogen and oxygen atoms in total. The molecule has 0 atom stereocenters. The van der Waals surface area contributed by atoms with Gasteiger partial charge >= 0.3 is 0 Å². The summed E-state index contributed by atoms with van der Waals surface area (Å²) in [7, 11) is 1.73. The Morgan fingerprint density at radius 1 is 1.38 bits per heavy atom. The van der Waals surface area contributed by atoms with Crippen molar-refractivity contribution >= 4 is 23.1 Å². The molecular weight excluding hydrogens is 186 g/mol. The van der Waals surface area contributed by atoms with E-state index in [2.05, 4.69) is 26.4 Å². The summed E-state index contributed by atoms with van der Waals surface area (Å²) >= 11 is 4.85. The van der Waals surface area contributed by atoms with Gasteiger partial charge in [-0.15, -0.1) is 5.10 Å². The normalized spacial score (nSPS) is 9.08. The van der Waals surface area contributed by atoms with Crippen LogP contribution in [0.3, 0.4) is 0 Å². The number of nitrogens with zero attached hydrogens (tertiary/aromatic N) is 2. The van der Waals surface area contributed by atoms with E-state index < -0.39 is 0 Å². The summed E-state index contributed by atoms with van der Waals surface area (Å²) in [5.74, 6) is 0.628. The van der Waals surface area contributed by atoms with Gasteiger partial charge in [-0.2, -0.15) is 5.10 Å². The second-order valence-electron chi connectivity index (χ2n) is 2.39. The van der Waals surface area contributed by atoms with Crippen molar-refractivity contribution in [3.8, 4) is 0 Å². The van der Waals surface area contributed by atoms with Gasteiger partial charge in [-0.1, -0.05) is 0 Å². The summed E-state index contributed by atoms with van der Waals surface area (Å²) in [5.41, 5.74) is 6.41. The molecule has 1 rings (SSSR count). The third-order valence-electron chi connectivity index (χ3n) is 1.33. The first-order chi connectivity index (χ1) is 6.22. The number of rotatable bonds is 2. The Labute approximate surface area is 81.9 Å². The highest BCUT2D eigenvalue weighted by Gasteiger charge is 1.93. The monoisotopic (exact) mass is 197 g/mol. The highest BCUT2D eigenvalue weighted by Crippen LogP contribution is 1.98. The van der Waals surface area contributed by atoms with E-state index in [1.807, 2.05) is 19.1 Å². The molecule has 70 valence electrons. The zero-order chi connectivity index (χ0) is 9.68. The van der Waals surface area contributed by atoms with Crippen molar-refractivity contribution in [2.45, 2.75) is 6.92 Å². The van der Waals surface area contributed by atoms with Crippen LogP contribution in [0.5, 0.6) is 0 Å². The summed E-state index contributed by atoms with van der Waals surface area (Å²) in [6.45, 7) is 1.88. The minimum atomic E-state index is 0.502. The zero-order valence-electron chi connectivity index (χ0n) is 7.46. The molecule has 1 aromatic heterocycles. The van der Waals surface area contributed by atoms with Gasteiger partial charge in [-0.05, 0) is 31.3 Å². The van der Waals surface area contributed by atoms with Crippen LogP contribution < -0.4 is 16.2 Å². The van der Waals surface area contributed by atoms with Gasteiger partial charge in [-0.25, -0.2) is 0 Å². The fourth-order valence-corrected chi connectivity index (χ4v) is 0.700. The van der Waals surface area contributed by atoms with Crippen LogP contribution in [0.25, 0.3) is 0 Å². The Kier molecular flexibility index (Phi) is 3.39. The molecule has 0 aliphatic carbocycles. The molecule has 6 heteroatoms. The number of aryl methyl sites for hydroxylation is 1. The second-order valence-corrected chi connectivity index (χ2v) is 2.80. The van der Waals surface area contributed by atoms with Crippen LogP contribution in [0.4, 0.5) is 5.82 Å². The highest BCUT2D eigenvalue weighted by atomic mass is 32.1. The fourth-order valence-electron chi connectivity index (χ4n) is 0.649. The Morgan fingerprint density at radius 3 is 2.69 bits per heavy atom. The average molecular weight is 197 g/mol. The smallest absolute Gasteiger partial charge is 0.184 e. The number of anilines is 1. The molecule has 0 saturated heterocycles. The van der Waals surface area contributed by atoms with Gasteiger partial charge in [0.15, 0.2) is 10.9 Å². The lowest BCUT2D eigenvalue weighted by Gasteiger charge is -2.07. The molecule has 0 radical (unpaired) electrons. The van der Waals surface area contributed by atoms with Crippen molar-refractivity contribution in [1.29, 1.82) is 0 Å². The minimum absolute atomic E-state index is 0.502. The van der Waals surface area contributed by atoms with E-state index in [1.165, 1.54) is 0 Å². The van der Waals surface area contributed by atoms with Crippen molar-refractivity contribution in [2.75, 3.05) is 12.5 Å². The maximum atomic E-state index is 4.85. The summed E-state index contributed by atoms with van der Waals surface area (Å²) in [4.78, 5) is 0. The maximum Gasteiger partial charge on any atom is 0.184 e. The van der Waals surface area contributed by atoms with Crippen LogP contribution in [0.15, 0.2) is 12.1 Å². The topological polar surface area (TPSA) is 61.9 Å². The van der Waals surface area contributed by atoms with E-state index in [-0.39, 0.29) is 0 Å². The highest BCUT2D eigenvalue weighted by molar-refractivity contribution is 7.80. The third-order valence-corrected chi connectivity index (χ3v) is 1.64. The average Bonchev–Trinajstić information content (AvgIpc) is 2.16. The second kappa shape index (κ2) is 4.56. The predicted octanol–water partition coefficient (Wildman–Crippen LogP) is 0.206. The van der Waals surface area contributed by atoms with Crippen LogP contribution in [-0.2, 0) is 0 Å². The third kappa shape index (κ3) is 3.20. The first kappa shape index (κ1) is 9.66. The minimum Gasteiger partial charge on any atom is -0.364 e. The van der Waals surface area contributed by atoms with E-state index in [9.17, 15) is 0 Å². The van der Waals surface area contributed by atoms with Crippen molar-refractivity contribution in [3.05, 3.63) is 17.8 Å². The molecule has 0 aliphatic heterocycles. The van der Waals surface area contributed by atoms with Crippen molar-refractivity contribution in [2.24, 2.45) is 0 Å². The Morgan fingerprint density at radius 2 is 2.15 bits per heavy atom. The molecule has 1 aromatic rings. The Hall–Kier alpha value is -1.43. The van der Waals surface area contributed by atoms with Crippen LogP contribution in [0, 0.1) is 6.92 Å². The number of thiocarbonyl (C=S) groups is 1. The van der Waals surface area contributed by atoms with Crippen molar-refractivity contribution < 1.29 is 0 Å². The summed E-state index contributed by atoms with van der Waals surface area (Å²) in [6, 6.07) is 3.67. The van der Waals surface area contributed by atoms with Crippen molar-refractivity contribution in [3.63, 3.8) is 0 Å². The number of aromatic nitrogens is 2. The van der Waals surface area contributed by atoms with Gasteiger partial charge in [0.05, 0.1) is 5.69 Å². The standard InChI is InChI=1S/C7H11N5S/c1-5-3-4-6(10-9-5)11-12-7(13)8-2/h3-4H,1-2H3,(H,10,11)(H2,8,12,13). The van der Waals surface area contributed by atoms with Crippen LogP contribution in [-0.4, -0.2) is 22.4 Å². The predicted molar refractivity (Wildman–Crippen MR) is 55.2 cm³/mol. The number of nitrogens with one attached hydrogen (secondary N) is 3. The fraction of sp³-hybridized carbons (Fsp3) is 0.286. The SMILES string of the molecule is CNC(=S)NNc1ccc(C)nn1. The van der Waals surface area contributed by atoms with Gasteiger partial charge < -0.3 is 5.32 Å². The van der Waals surface area contributed by atoms with Gasteiger partial charge in [-0.3, -0.25) is 10.9 Å². The molecule has 0 aromatic carbocycles. The Balaban J connectivity index is 2.46. The van der Waals surface area contributed by atoms with Crippen LogP contribution >= 0.6 is 12.2 Å². The summed E-state index contributed by atoms with van der Waals surface area (Å²) in [6.07, 6.45) is 0. The zero-order valence-corrected chi connectivity index (χ0v) is 8.27. The summed E-state index contributed by atoms with van der Waals surface area (Å²) in [5, 5.41) is 11.0. The molecule has 0 unspecified atom stereocenters. The van der Waals surface area contributed by atoms with Gasteiger partial charge in [0.1, 0.15) is 0 Å². The van der Waals surface area contributed by atoms with E-state index in [1.54, 1.807) is 7.05 Å². The lowest BCUT2D eigenvalue weighted by molar-refractivity contribution is 0.945. The number of hydrazine groups is 1. The van der Waals surface area contributed by atoms with Crippen LogP contribution in [0.2, 0.25) is 0 Å². The molecule has 0 amide bonds. The first-order valence-corrected chi connectivity index (χ1v) is 4.17. The Bertz CT molecular complexity index is 283. The van der Waals surface area contributed by atoms with Gasteiger partial charge in [0, 0.05) is 7.05 Å². The van der Waals surface area contributed by atoms with Crippen molar-refractivity contribution in [1.82, 2.24) is 20.9 Å². The molecule has 0 spiro atoms. The largest absolute Gasteiger partial charge is 0.364 e. The molecule has 1 heterocycles. The van der Waals surface area contributed by atoms with E-state index in [0.29, 0.717) is 10.9 Å².